The van der Waals surface area contributed by atoms with Crippen LogP contribution in [0.3, 0.4) is 0 Å². The van der Waals surface area contributed by atoms with Crippen LogP contribution in [0.4, 0.5) is 0 Å². The van der Waals surface area contributed by atoms with Crippen LogP contribution in [-0.2, 0) is 0 Å². The van der Waals surface area contributed by atoms with Gasteiger partial charge in [0.25, 0.3) is 5.91 Å². The van der Waals surface area contributed by atoms with Crippen molar-refractivity contribution in [3.8, 4) is 0 Å². The molecule has 0 spiro atoms. The number of halogens is 1. The summed E-state index contributed by atoms with van der Waals surface area (Å²) in [6.45, 7) is 0.524. The van der Waals surface area contributed by atoms with Crippen LogP contribution in [-0.4, -0.2) is 36.4 Å². The van der Waals surface area contributed by atoms with Crippen LogP contribution in [0, 0.1) is 0 Å². The molecule has 0 bridgehead atoms. The van der Waals surface area contributed by atoms with E-state index in [9.17, 15) is 4.79 Å². The van der Waals surface area contributed by atoms with E-state index in [1.807, 2.05) is 38.4 Å². The Kier molecular flexibility index (Phi) is 5.31. The molecule has 0 saturated carbocycles. The average molecular weight is 304 g/mol. The van der Waals surface area contributed by atoms with Gasteiger partial charge in [-0.05, 0) is 43.9 Å². The van der Waals surface area contributed by atoms with Crippen molar-refractivity contribution < 1.29 is 4.79 Å². The van der Waals surface area contributed by atoms with Gasteiger partial charge in [0.05, 0.1) is 6.04 Å². The standard InChI is InChI=1S/C16H18ClN3O/c1-20(2)15(12-3-5-14(17)6-4-12)11-19-16(21)13-7-9-18-10-8-13/h3-10,15H,11H2,1-2H3,(H,19,21). The Morgan fingerprint density at radius 1 is 1.19 bits per heavy atom. The number of carbonyl (C=O) groups excluding carboxylic acids is 1. The van der Waals surface area contributed by atoms with Crippen molar-refractivity contribution in [2.24, 2.45) is 0 Å². The lowest BCUT2D eigenvalue weighted by molar-refractivity contribution is 0.0942. The molecule has 0 fully saturated rings. The van der Waals surface area contributed by atoms with Gasteiger partial charge in [0.2, 0.25) is 0 Å². The van der Waals surface area contributed by atoms with Crippen molar-refractivity contribution in [2.45, 2.75) is 6.04 Å². The summed E-state index contributed by atoms with van der Waals surface area (Å²) in [6, 6.07) is 11.2. The summed E-state index contributed by atoms with van der Waals surface area (Å²) in [6.07, 6.45) is 3.22. The molecular formula is C16H18ClN3O. The molecule has 110 valence electrons. The predicted molar refractivity (Wildman–Crippen MR) is 84.5 cm³/mol. The number of aromatic nitrogens is 1. The van der Waals surface area contributed by atoms with Gasteiger partial charge in [-0.25, -0.2) is 0 Å². The third-order valence-electron chi connectivity index (χ3n) is 3.28. The van der Waals surface area contributed by atoms with E-state index in [0.29, 0.717) is 17.1 Å². The van der Waals surface area contributed by atoms with E-state index in [0.717, 1.165) is 5.56 Å². The van der Waals surface area contributed by atoms with Gasteiger partial charge in [0, 0.05) is 29.5 Å². The summed E-state index contributed by atoms with van der Waals surface area (Å²) < 4.78 is 0. The van der Waals surface area contributed by atoms with Gasteiger partial charge in [-0.1, -0.05) is 23.7 Å². The molecule has 1 amide bonds. The van der Waals surface area contributed by atoms with E-state index < -0.39 is 0 Å². The molecule has 1 atom stereocenters. The van der Waals surface area contributed by atoms with E-state index >= 15 is 0 Å². The third-order valence-corrected chi connectivity index (χ3v) is 3.53. The van der Waals surface area contributed by atoms with Crippen molar-refractivity contribution >= 4 is 17.5 Å². The summed E-state index contributed by atoms with van der Waals surface area (Å²) in [5.41, 5.74) is 1.72. The van der Waals surface area contributed by atoms with Crippen LogP contribution in [0.25, 0.3) is 0 Å². The van der Waals surface area contributed by atoms with Crippen molar-refractivity contribution in [3.05, 3.63) is 64.9 Å². The number of amides is 1. The van der Waals surface area contributed by atoms with Gasteiger partial charge in [0.15, 0.2) is 0 Å². The molecule has 4 nitrogen and oxygen atoms in total. The highest BCUT2D eigenvalue weighted by Gasteiger charge is 2.15. The molecular weight excluding hydrogens is 286 g/mol. The minimum Gasteiger partial charge on any atom is -0.350 e. The Hall–Kier alpha value is -1.91. The topological polar surface area (TPSA) is 45.2 Å². The second kappa shape index (κ2) is 7.20. The highest BCUT2D eigenvalue weighted by Crippen LogP contribution is 2.19. The summed E-state index contributed by atoms with van der Waals surface area (Å²) in [5.74, 6) is -0.0989. The summed E-state index contributed by atoms with van der Waals surface area (Å²) >= 11 is 5.91. The maximum Gasteiger partial charge on any atom is 0.251 e. The Labute approximate surface area is 129 Å². The highest BCUT2D eigenvalue weighted by atomic mass is 35.5. The fourth-order valence-corrected chi connectivity index (χ4v) is 2.20. The minimum absolute atomic E-state index is 0.0908. The molecule has 0 saturated heterocycles. The zero-order chi connectivity index (χ0) is 15.2. The number of pyridine rings is 1. The Bertz CT molecular complexity index is 584. The number of nitrogens with zero attached hydrogens (tertiary/aromatic N) is 2. The molecule has 2 aromatic rings. The summed E-state index contributed by atoms with van der Waals surface area (Å²) in [7, 11) is 3.97. The van der Waals surface area contributed by atoms with Crippen molar-refractivity contribution in [3.63, 3.8) is 0 Å². The largest absolute Gasteiger partial charge is 0.350 e. The first-order chi connectivity index (χ1) is 10.1. The van der Waals surface area contributed by atoms with Crippen LogP contribution in [0.1, 0.15) is 22.0 Å². The molecule has 5 heteroatoms. The van der Waals surface area contributed by atoms with Gasteiger partial charge in [-0.3, -0.25) is 9.78 Å². The maximum absolute atomic E-state index is 12.1. The van der Waals surface area contributed by atoms with E-state index in [1.54, 1.807) is 24.5 Å². The molecule has 1 unspecified atom stereocenters. The molecule has 0 aliphatic carbocycles. The monoisotopic (exact) mass is 303 g/mol. The molecule has 1 aromatic heterocycles. The number of likely N-dealkylation sites (N-methyl/N-ethyl adjacent to an activating group) is 1. The molecule has 21 heavy (non-hydrogen) atoms. The predicted octanol–water partition coefficient (Wildman–Crippen LogP) is 2.77. The normalized spacial score (nSPS) is 12.2. The van der Waals surface area contributed by atoms with Gasteiger partial charge in [-0.15, -0.1) is 0 Å². The van der Waals surface area contributed by atoms with Gasteiger partial charge in [-0.2, -0.15) is 0 Å². The number of benzene rings is 1. The molecule has 1 aromatic carbocycles. The van der Waals surface area contributed by atoms with E-state index in [2.05, 4.69) is 15.2 Å². The van der Waals surface area contributed by atoms with E-state index in [-0.39, 0.29) is 11.9 Å². The lowest BCUT2D eigenvalue weighted by atomic mass is 10.1. The Balaban J connectivity index is 2.04. The minimum atomic E-state index is -0.0989. The second-order valence-electron chi connectivity index (χ2n) is 4.98. The second-order valence-corrected chi connectivity index (χ2v) is 5.41. The molecule has 0 aliphatic rings. The zero-order valence-electron chi connectivity index (χ0n) is 12.1. The number of carbonyl (C=O) groups is 1. The zero-order valence-corrected chi connectivity index (χ0v) is 12.8. The van der Waals surface area contributed by atoms with Gasteiger partial charge >= 0.3 is 0 Å². The van der Waals surface area contributed by atoms with E-state index in [1.165, 1.54) is 0 Å². The first-order valence-electron chi connectivity index (χ1n) is 6.68. The van der Waals surface area contributed by atoms with Crippen LogP contribution < -0.4 is 5.32 Å². The first kappa shape index (κ1) is 15.5. The van der Waals surface area contributed by atoms with Crippen LogP contribution >= 0.6 is 11.6 Å². The summed E-state index contributed by atoms with van der Waals surface area (Å²) in [5, 5.41) is 3.66. The molecule has 2 rings (SSSR count). The fraction of sp³-hybridized carbons (Fsp3) is 0.250. The molecule has 0 radical (unpaired) electrons. The Morgan fingerprint density at radius 2 is 1.81 bits per heavy atom. The Morgan fingerprint density at radius 3 is 2.38 bits per heavy atom. The third kappa shape index (κ3) is 4.28. The number of rotatable bonds is 5. The number of nitrogens with one attached hydrogen (secondary N) is 1. The van der Waals surface area contributed by atoms with Crippen molar-refractivity contribution in [1.82, 2.24) is 15.2 Å². The van der Waals surface area contributed by atoms with Gasteiger partial charge < -0.3 is 10.2 Å². The lowest BCUT2D eigenvalue weighted by Crippen LogP contribution is -2.34. The van der Waals surface area contributed by atoms with E-state index in [4.69, 9.17) is 11.6 Å². The molecule has 1 heterocycles. The fourth-order valence-electron chi connectivity index (χ4n) is 2.08. The SMILES string of the molecule is CN(C)C(CNC(=O)c1ccncc1)c1ccc(Cl)cc1. The molecule has 1 N–H and O–H groups in total. The average Bonchev–Trinajstić information content (AvgIpc) is 2.49. The maximum atomic E-state index is 12.1. The highest BCUT2D eigenvalue weighted by molar-refractivity contribution is 6.30. The number of hydrogen-bond donors (Lipinski definition) is 1. The summed E-state index contributed by atoms with van der Waals surface area (Å²) in [4.78, 5) is 18.1. The first-order valence-corrected chi connectivity index (χ1v) is 7.06. The lowest BCUT2D eigenvalue weighted by Gasteiger charge is -2.25. The molecule has 0 aliphatic heterocycles. The number of hydrogen-bond acceptors (Lipinski definition) is 3. The van der Waals surface area contributed by atoms with Crippen LogP contribution in [0.5, 0.6) is 0 Å². The van der Waals surface area contributed by atoms with Crippen molar-refractivity contribution in [2.75, 3.05) is 20.6 Å². The quantitative estimate of drug-likeness (QED) is 0.924. The smallest absolute Gasteiger partial charge is 0.251 e. The van der Waals surface area contributed by atoms with Gasteiger partial charge in [0.1, 0.15) is 0 Å². The van der Waals surface area contributed by atoms with Crippen molar-refractivity contribution in [1.29, 1.82) is 0 Å². The van der Waals surface area contributed by atoms with Crippen LogP contribution in [0.15, 0.2) is 48.8 Å². The van der Waals surface area contributed by atoms with Crippen LogP contribution in [0.2, 0.25) is 5.02 Å².